The van der Waals surface area contributed by atoms with Crippen LogP contribution in [0.2, 0.25) is 0 Å². The summed E-state index contributed by atoms with van der Waals surface area (Å²) in [6, 6.07) is 4.11. The standard InChI is InChI=1S/C14H14N2O2/c1-9(17)15-7-6-11-3-2-10-4-5-12-14(13(10)11)18-8-16-12/h4-6,8H,2-3,7H2,1H3,(H,15,17). The highest BCUT2D eigenvalue weighted by atomic mass is 16.3. The van der Waals surface area contributed by atoms with Crippen molar-refractivity contribution in [3.8, 4) is 0 Å². The Morgan fingerprint density at radius 1 is 1.50 bits per heavy atom. The monoisotopic (exact) mass is 242 g/mol. The number of benzene rings is 1. The average Bonchev–Trinajstić information content (AvgIpc) is 2.93. The summed E-state index contributed by atoms with van der Waals surface area (Å²) in [5.74, 6) is -0.0112. The molecule has 18 heavy (non-hydrogen) atoms. The van der Waals surface area contributed by atoms with E-state index >= 15 is 0 Å². The largest absolute Gasteiger partial charge is 0.443 e. The second kappa shape index (κ2) is 4.29. The third-order valence-corrected chi connectivity index (χ3v) is 3.27. The van der Waals surface area contributed by atoms with E-state index in [4.69, 9.17) is 4.42 Å². The van der Waals surface area contributed by atoms with Gasteiger partial charge in [0.1, 0.15) is 5.52 Å². The first-order valence-corrected chi connectivity index (χ1v) is 6.04. The first-order valence-electron chi connectivity index (χ1n) is 6.04. The molecule has 1 heterocycles. The molecule has 92 valence electrons. The normalized spacial score (nSPS) is 16.2. The minimum Gasteiger partial charge on any atom is -0.443 e. The molecular weight excluding hydrogens is 228 g/mol. The van der Waals surface area contributed by atoms with Crippen molar-refractivity contribution in [3.05, 3.63) is 35.7 Å². The van der Waals surface area contributed by atoms with Crippen LogP contribution in [0.5, 0.6) is 0 Å². The maximum absolute atomic E-state index is 10.9. The van der Waals surface area contributed by atoms with Crippen LogP contribution in [0.15, 0.2) is 29.0 Å². The molecule has 0 aliphatic heterocycles. The summed E-state index contributed by atoms with van der Waals surface area (Å²) in [6.07, 6.45) is 5.57. The molecule has 1 aliphatic rings. The van der Waals surface area contributed by atoms with Crippen molar-refractivity contribution < 1.29 is 9.21 Å². The molecular formula is C14H14N2O2. The summed E-state index contributed by atoms with van der Waals surface area (Å²) in [7, 11) is 0. The number of allylic oxidation sites excluding steroid dienone is 1. The third-order valence-electron chi connectivity index (χ3n) is 3.27. The number of rotatable bonds is 2. The number of carbonyl (C=O) groups excluding carboxylic acids is 1. The molecule has 1 N–H and O–H groups in total. The van der Waals surface area contributed by atoms with Crippen molar-refractivity contribution >= 4 is 22.6 Å². The lowest BCUT2D eigenvalue weighted by Gasteiger charge is -2.02. The van der Waals surface area contributed by atoms with Gasteiger partial charge in [-0.2, -0.15) is 0 Å². The van der Waals surface area contributed by atoms with Crippen molar-refractivity contribution in [2.24, 2.45) is 0 Å². The molecule has 1 aliphatic carbocycles. The van der Waals surface area contributed by atoms with Crippen molar-refractivity contribution in [1.29, 1.82) is 0 Å². The van der Waals surface area contributed by atoms with E-state index in [1.54, 1.807) is 0 Å². The molecule has 0 radical (unpaired) electrons. The van der Waals surface area contributed by atoms with Gasteiger partial charge < -0.3 is 9.73 Å². The van der Waals surface area contributed by atoms with Gasteiger partial charge in [0.05, 0.1) is 0 Å². The van der Waals surface area contributed by atoms with Gasteiger partial charge in [-0.3, -0.25) is 4.79 Å². The van der Waals surface area contributed by atoms with E-state index in [-0.39, 0.29) is 5.91 Å². The smallest absolute Gasteiger partial charge is 0.217 e. The number of nitrogens with one attached hydrogen (secondary N) is 1. The molecule has 0 fully saturated rings. The van der Waals surface area contributed by atoms with Gasteiger partial charge in [0.15, 0.2) is 12.0 Å². The van der Waals surface area contributed by atoms with Crippen molar-refractivity contribution in [2.45, 2.75) is 19.8 Å². The van der Waals surface area contributed by atoms with E-state index in [1.807, 2.05) is 6.07 Å². The van der Waals surface area contributed by atoms with Crippen LogP contribution in [0.4, 0.5) is 0 Å². The summed E-state index contributed by atoms with van der Waals surface area (Å²) in [6.45, 7) is 2.09. The van der Waals surface area contributed by atoms with Crippen LogP contribution < -0.4 is 5.32 Å². The first kappa shape index (κ1) is 11.0. The zero-order chi connectivity index (χ0) is 12.5. The van der Waals surface area contributed by atoms with Gasteiger partial charge in [0, 0.05) is 19.0 Å². The van der Waals surface area contributed by atoms with Crippen LogP contribution in [0.25, 0.3) is 16.7 Å². The van der Waals surface area contributed by atoms with E-state index in [1.165, 1.54) is 24.5 Å². The predicted molar refractivity (Wildman–Crippen MR) is 69.0 cm³/mol. The van der Waals surface area contributed by atoms with E-state index in [9.17, 15) is 4.79 Å². The third kappa shape index (κ3) is 1.79. The molecule has 2 aromatic rings. The SMILES string of the molecule is CC(=O)NCC=C1CCc2ccc3ncoc3c21. The minimum absolute atomic E-state index is 0.0112. The Morgan fingerprint density at radius 3 is 3.22 bits per heavy atom. The Bertz CT molecular complexity index is 640. The van der Waals surface area contributed by atoms with Gasteiger partial charge in [-0.1, -0.05) is 12.1 Å². The fourth-order valence-electron chi connectivity index (χ4n) is 2.45. The lowest BCUT2D eigenvalue weighted by Crippen LogP contribution is -2.19. The highest BCUT2D eigenvalue weighted by Crippen LogP contribution is 2.37. The molecule has 0 unspecified atom stereocenters. The molecule has 1 aromatic carbocycles. The van der Waals surface area contributed by atoms with E-state index < -0.39 is 0 Å². The highest BCUT2D eigenvalue weighted by molar-refractivity contribution is 5.91. The molecule has 0 saturated carbocycles. The first-order chi connectivity index (χ1) is 8.75. The summed E-state index contributed by atoms with van der Waals surface area (Å²) in [5, 5.41) is 2.78. The fraction of sp³-hybridized carbons (Fsp3) is 0.286. The van der Waals surface area contributed by atoms with Gasteiger partial charge in [0.2, 0.25) is 5.91 Å². The van der Waals surface area contributed by atoms with Gasteiger partial charge in [-0.25, -0.2) is 4.98 Å². The van der Waals surface area contributed by atoms with Crippen LogP contribution >= 0.6 is 0 Å². The summed E-state index contributed by atoms with van der Waals surface area (Å²) in [5.41, 5.74) is 5.45. The Balaban J connectivity index is 1.99. The van der Waals surface area contributed by atoms with Crippen molar-refractivity contribution in [2.75, 3.05) is 6.54 Å². The number of aryl methyl sites for hydroxylation is 1. The number of hydrogen-bond acceptors (Lipinski definition) is 3. The summed E-state index contributed by atoms with van der Waals surface area (Å²) >= 11 is 0. The molecule has 0 bridgehead atoms. The van der Waals surface area contributed by atoms with Crippen LogP contribution in [-0.2, 0) is 11.2 Å². The lowest BCUT2D eigenvalue weighted by atomic mass is 10.1. The molecule has 1 aromatic heterocycles. The second-order valence-corrected chi connectivity index (χ2v) is 4.47. The number of hydrogen-bond donors (Lipinski definition) is 1. The van der Waals surface area contributed by atoms with Crippen molar-refractivity contribution in [3.63, 3.8) is 0 Å². The van der Waals surface area contributed by atoms with Crippen LogP contribution in [0.1, 0.15) is 24.5 Å². The van der Waals surface area contributed by atoms with Crippen molar-refractivity contribution in [1.82, 2.24) is 10.3 Å². The van der Waals surface area contributed by atoms with E-state index in [0.717, 1.165) is 29.5 Å². The number of nitrogens with zero attached hydrogens (tertiary/aromatic N) is 1. The average molecular weight is 242 g/mol. The Hall–Kier alpha value is -2.10. The fourth-order valence-corrected chi connectivity index (χ4v) is 2.45. The molecule has 0 spiro atoms. The molecule has 4 nitrogen and oxygen atoms in total. The van der Waals surface area contributed by atoms with E-state index in [0.29, 0.717) is 6.54 Å². The topological polar surface area (TPSA) is 55.1 Å². The van der Waals surface area contributed by atoms with Gasteiger partial charge >= 0.3 is 0 Å². The second-order valence-electron chi connectivity index (χ2n) is 4.47. The maximum Gasteiger partial charge on any atom is 0.217 e. The maximum atomic E-state index is 10.9. The summed E-state index contributed by atoms with van der Waals surface area (Å²) in [4.78, 5) is 15.0. The minimum atomic E-state index is -0.0112. The Kier molecular flexibility index (Phi) is 2.63. The number of oxazole rings is 1. The number of fused-ring (bicyclic) bond motifs is 3. The molecule has 1 amide bonds. The van der Waals surface area contributed by atoms with Gasteiger partial charge in [-0.05, 0) is 30.0 Å². The molecule has 3 rings (SSSR count). The van der Waals surface area contributed by atoms with Crippen LogP contribution in [-0.4, -0.2) is 17.4 Å². The van der Waals surface area contributed by atoms with Gasteiger partial charge in [-0.15, -0.1) is 0 Å². The van der Waals surface area contributed by atoms with Crippen LogP contribution in [0.3, 0.4) is 0 Å². The van der Waals surface area contributed by atoms with E-state index in [2.05, 4.69) is 22.4 Å². The molecule has 0 atom stereocenters. The zero-order valence-electron chi connectivity index (χ0n) is 10.2. The molecule has 4 heteroatoms. The lowest BCUT2D eigenvalue weighted by molar-refractivity contribution is -0.118. The zero-order valence-corrected chi connectivity index (χ0v) is 10.2. The number of aromatic nitrogens is 1. The van der Waals surface area contributed by atoms with Crippen LogP contribution in [0, 0.1) is 0 Å². The Labute approximate surface area is 105 Å². The molecule has 0 saturated heterocycles. The number of carbonyl (C=O) groups is 1. The number of amides is 1. The predicted octanol–water partition coefficient (Wildman–Crippen LogP) is 2.29. The van der Waals surface area contributed by atoms with Gasteiger partial charge in [0.25, 0.3) is 0 Å². The Morgan fingerprint density at radius 2 is 2.39 bits per heavy atom. The highest BCUT2D eigenvalue weighted by Gasteiger charge is 2.20. The quantitative estimate of drug-likeness (QED) is 0.879. The summed E-state index contributed by atoms with van der Waals surface area (Å²) < 4.78 is 5.48.